The summed E-state index contributed by atoms with van der Waals surface area (Å²) in [6, 6.07) is 7.03. The third-order valence-electron chi connectivity index (χ3n) is 1.86. The minimum atomic E-state index is -0.908. The summed E-state index contributed by atoms with van der Waals surface area (Å²) >= 11 is 3.29. The lowest BCUT2D eigenvalue weighted by molar-refractivity contribution is 0.0699. The van der Waals surface area contributed by atoms with Gasteiger partial charge in [0.05, 0.1) is 15.7 Å². The molecule has 4 heteroatoms. The number of rotatable bonds is 1. The highest BCUT2D eigenvalue weighted by Gasteiger charge is 2.11. The molecule has 0 fully saturated rings. The summed E-state index contributed by atoms with van der Waals surface area (Å²) in [5.74, 6) is -0.908. The molecule has 0 aromatic carbocycles. The van der Waals surface area contributed by atoms with Crippen LogP contribution in [0, 0.1) is 0 Å². The maximum atomic E-state index is 10.8. The first kappa shape index (κ1) is 8.31. The first-order valence-corrected chi connectivity index (χ1v) is 4.48. The van der Waals surface area contributed by atoms with E-state index in [-0.39, 0.29) is 0 Å². The predicted molar refractivity (Wildman–Crippen MR) is 52.1 cm³/mol. The van der Waals surface area contributed by atoms with Crippen LogP contribution in [0.4, 0.5) is 0 Å². The van der Waals surface area contributed by atoms with Crippen molar-refractivity contribution in [3.05, 3.63) is 40.6 Å². The Morgan fingerprint density at radius 3 is 2.92 bits per heavy atom. The van der Waals surface area contributed by atoms with Crippen molar-refractivity contribution in [1.82, 2.24) is 4.40 Å². The highest BCUT2D eigenvalue weighted by Crippen LogP contribution is 2.20. The molecule has 2 aromatic rings. The Bertz CT molecular complexity index is 475. The van der Waals surface area contributed by atoms with Crippen LogP contribution in [0.15, 0.2) is 35.1 Å². The summed E-state index contributed by atoms with van der Waals surface area (Å²) in [7, 11) is 0. The Morgan fingerprint density at radius 2 is 2.23 bits per heavy atom. The number of nitrogens with zero attached hydrogens (tertiary/aromatic N) is 1. The van der Waals surface area contributed by atoms with E-state index in [0.29, 0.717) is 11.1 Å². The van der Waals surface area contributed by atoms with Crippen molar-refractivity contribution in [1.29, 1.82) is 0 Å². The number of aromatic carboxylic acids is 1. The van der Waals surface area contributed by atoms with Crippen molar-refractivity contribution < 1.29 is 9.90 Å². The molecule has 66 valence electrons. The van der Waals surface area contributed by atoms with Gasteiger partial charge in [0.25, 0.3) is 0 Å². The molecule has 13 heavy (non-hydrogen) atoms. The molecule has 0 aliphatic heterocycles. The molecule has 2 aromatic heterocycles. The Balaban J connectivity index is 2.85. The lowest BCUT2D eigenvalue weighted by Gasteiger charge is -1.94. The fourth-order valence-corrected chi connectivity index (χ4v) is 1.82. The van der Waals surface area contributed by atoms with Crippen molar-refractivity contribution in [3.63, 3.8) is 0 Å². The summed E-state index contributed by atoms with van der Waals surface area (Å²) in [4.78, 5) is 10.8. The molecule has 0 bridgehead atoms. The molecule has 0 saturated heterocycles. The van der Waals surface area contributed by atoms with Gasteiger partial charge in [-0.15, -0.1) is 0 Å². The second-order valence-corrected chi connectivity index (χ2v) is 3.45. The van der Waals surface area contributed by atoms with Crippen LogP contribution in [-0.4, -0.2) is 15.5 Å². The van der Waals surface area contributed by atoms with Gasteiger partial charge in [-0.2, -0.15) is 0 Å². The van der Waals surface area contributed by atoms with Crippen LogP contribution < -0.4 is 0 Å². The standard InChI is InChI=1S/C9H6BrNO2/c10-8-5-6(9(12)13)7-3-1-2-4-11(7)8/h1-5H,(H,12,13). The monoisotopic (exact) mass is 239 g/mol. The Morgan fingerprint density at radius 1 is 1.46 bits per heavy atom. The van der Waals surface area contributed by atoms with Crippen LogP contribution in [0.2, 0.25) is 0 Å². The molecule has 0 unspecified atom stereocenters. The van der Waals surface area contributed by atoms with Gasteiger partial charge >= 0.3 is 5.97 Å². The summed E-state index contributed by atoms with van der Waals surface area (Å²) in [5.41, 5.74) is 1.01. The topological polar surface area (TPSA) is 41.7 Å². The molecule has 3 nitrogen and oxygen atoms in total. The maximum Gasteiger partial charge on any atom is 0.337 e. The molecule has 1 N–H and O–H groups in total. The number of aromatic nitrogens is 1. The smallest absolute Gasteiger partial charge is 0.337 e. The maximum absolute atomic E-state index is 10.8. The van der Waals surface area contributed by atoms with Gasteiger partial charge in [-0.1, -0.05) is 6.07 Å². The third-order valence-corrected chi connectivity index (χ3v) is 2.47. The zero-order chi connectivity index (χ0) is 9.42. The van der Waals surface area contributed by atoms with Gasteiger partial charge < -0.3 is 9.51 Å². The third kappa shape index (κ3) is 1.23. The van der Waals surface area contributed by atoms with E-state index in [4.69, 9.17) is 5.11 Å². The molecular weight excluding hydrogens is 234 g/mol. The number of carbonyl (C=O) groups is 1. The van der Waals surface area contributed by atoms with Crippen LogP contribution in [0.1, 0.15) is 10.4 Å². The zero-order valence-electron chi connectivity index (χ0n) is 6.57. The average Bonchev–Trinajstić information content (AvgIpc) is 2.45. The van der Waals surface area contributed by atoms with E-state index in [9.17, 15) is 4.79 Å². The Kier molecular flexibility index (Phi) is 1.84. The number of hydrogen-bond donors (Lipinski definition) is 1. The van der Waals surface area contributed by atoms with E-state index < -0.39 is 5.97 Å². The molecule has 0 atom stereocenters. The highest BCUT2D eigenvalue weighted by molar-refractivity contribution is 9.10. The van der Waals surface area contributed by atoms with Crippen molar-refractivity contribution in [2.75, 3.05) is 0 Å². The SMILES string of the molecule is O=C(O)c1cc(Br)n2ccccc12. The first-order chi connectivity index (χ1) is 6.20. The van der Waals surface area contributed by atoms with Gasteiger partial charge in [-0.05, 0) is 34.1 Å². The quantitative estimate of drug-likeness (QED) is 0.831. The molecule has 0 aliphatic carbocycles. The Labute approximate surface area is 82.7 Å². The summed E-state index contributed by atoms with van der Waals surface area (Å²) < 4.78 is 2.53. The number of carboxylic acid groups (broad SMARTS) is 1. The van der Waals surface area contributed by atoms with E-state index in [2.05, 4.69) is 15.9 Å². The number of fused-ring (bicyclic) bond motifs is 1. The minimum Gasteiger partial charge on any atom is -0.478 e. The molecule has 0 amide bonds. The molecule has 2 heterocycles. The fraction of sp³-hybridized carbons (Fsp3) is 0. The van der Waals surface area contributed by atoms with Gasteiger partial charge in [0.1, 0.15) is 0 Å². The fourth-order valence-electron chi connectivity index (χ4n) is 1.28. The lowest BCUT2D eigenvalue weighted by Crippen LogP contribution is -1.94. The second-order valence-electron chi connectivity index (χ2n) is 2.64. The van der Waals surface area contributed by atoms with Gasteiger partial charge in [-0.3, -0.25) is 0 Å². The number of carboxylic acids is 1. The minimum absolute atomic E-state index is 0.312. The van der Waals surface area contributed by atoms with Crippen LogP contribution in [0.5, 0.6) is 0 Å². The lowest BCUT2D eigenvalue weighted by atomic mass is 10.2. The largest absolute Gasteiger partial charge is 0.478 e. The van der Waals surface area contributed by atoms with E-state index >= 15 is 0 Å². The highest BCUT2D eigenvalue weighted by atomic mass is 79.9. The molecule has 0 saturated carbocycles. The predicted octanol–water partition coefficient (Wildman–Crippen LogP) is 2.40. The second kappa shape index (κ2) is 2.88. The van der Waals surface area contributed by atoms with Crippen LogP contribution in [-0.2, 0) is 0 Å². The van der Waals surface area contributed by atoms with Gasteiger partial charge in [-0.25, -0.2) is 4.79 Å². The van der Waals surface area contributed by atoms with E-state index in [1.54, 1.807) is 16.5 Å². The zero-order valence-corrected chi connectivity index (χ0v) is 8.15. The summed E-state index contributed by atoms with van der Waals surface area (Å²) in [6.45, 7) is 0. The molecule has 0 radical (unpaired) electrons. The molecular formula is C9H6BrNO2. The number of hydrogen-bond acceptors (Lipinski definition) is 1. The Hall–Kier alpha value is -1.29. The van der Waals surface area contributed by atoms with Crippen LogP contribution >= 0.6 is 15.9 Å². The van der Waals surface area contributed by atoms with Crippen molar-refractivity contribution in [2.24, 2.45) is 0 Å². The van der Waals surface area contributed by atoms with Crippen molar-refractivity contribution in [2.45, 2.75) is 0 Å². The summed E-state index contributed by atoms with van der Waals surface area (Å²) in [5, 5.41) is 8.86. The molecule has 0 aliphatic rings. The van der Waals surface area contributed by atoms with E-state index in [1.165, 1.54) is 0 Å². The van der Waals surface area contributed by atoms with Gasteiger partial charge in [0, 0.05) is 6.20 Å². The summed E-state index contributed by atoms with van der Waals surface area (Å²) in [6.07, 6.45) is 1.81. The van der Waals surface area contributed by atoms with E-state index in [1.807, 2.05) is 18.3 Å². The number of halogens is 1. The van der Waals surface area contributed by atoms with Crippen LogP contribution in [0.3, 0.4) is 0 Å². The first-order valence-electron chi connectivity index (χ1n) is 3.69. The van der Waals surface area contributed by atoms with Crippen molar-refractivity contribution >= 4 is 27.4 Å². The number of pyridine rings is 1. The van der Waals surface area contributed by atoms with Gasteiger partial charge in [0.2, 0.25) is 0 Å². The van der Waals surface area contributed by atoms with E-state index in [0.717, 1.165) is 4.60 Å². The average molecular weight is 240 g/mol. The van der Waals surface area contributed by atoms with Crippen molar-refractivity contribution in [3.8, 4) is 0 Å². The normalized spacial score (nSPS) is 10.5. The van der Waals surface area contributed by atoms with Crippen LogP contribution in [0.25, 0.3) is 5.52 Å². The molecule has 2 rings (SSSR count). The molecule has 0 spiro atoms. The van der Waals surface area contributed by atoms with Gasteiger partial charge in [0.15, 0.2) is 0 Å².